The Morgan fingerprint density at radius 2 is 1.64 bits per heavy atom. The summed E-state index contributed by atoms with van der Waals surface area (Å²) in [6.45, 7) is 6.23. The number of carbonyl (C=O) groups excluding carboxylic acids is 3. The Morgan fingerprint density at radius 3 is 2.27 bits per heavy atom. The van der Waals surface area contributed by atoms with Crippen LogP contribution in [0.3, 0.4) is 0 Å². The van der Waals surface area contributed by atoms with Crippen LogP contribution in [0.25, 0.3) is 0 Å². The Morgan fingerprint density at radius 1 is 0.977 bits per heavy atom. The molecular weight excluding hydrogens is 603 g/mol. The van der Waals surface area contributed by atoms with E-state index in [-0.39, 0.29) is 41.3 Å². The first-order valence-electron chi connectivity index (χ1n) is 14.4. The van der Waals surface area contributed by atoms with E-state index in [1.165, 1.54) is 50.4 Å². The van der Waals surface area contributed by atoms with Crippen molar-refractivity contribution in [3.63, 3.8) is 0 Å². The van der Waals surface area contributed by atoms with Gasteiger partial charge < -0.3 is 15.0 Å². The van der Waals surface area contributed by atoms with Crippen molar-refractivity contribution in [2.24, 2.45) is 0 Å². The molecule has 0 saturated carbocycles. The molecule has 1 aromatic heterocycles. The Balaban J connectivity index is 1.37. The number of rotatable bonds is 7. The number of morpholine rings is 1. The summed E-state index contributed by atoms with van der Waals surface area (Å²) in [4.78, 5) is 43.7. The first kappa shape index (κ1) is 31.8. The third-order valence-corrected chi connectivity index (χ3v) is 10.6. The number of ether oxygens (including phenoxy) is 1. The van der Waals surface area contributed by atoms with Gasteiger partial charge in [0.1, 0.15) is 5.00 Å². The molecule has 3 heterocycles. The molecule has 234 valence electrons. The van der Waals surface area contributed by atoms with E-state index >= 15 is 0 Å². The van der Waals surface area contributed by atoms with E-state index in [1.54, 1.807) is 14.1 Å². The lowest BCUT2D eigenvalue weighted by Gasteiger charge is -2.34. The van der Waals surface area contributed by atoms with Crippen LogP contribution in [0.1, 0.15) is 50.6 Å². The number of fused-ring (bicyclic) bond motifs is 1. The van der Waals surface area contributed by atoms with Gasteiger partial charge in [-0.1, -0.05) is 30.3 Å². The van der Waals surface area contributed by atoms with Gasteiger partial charge in [-0.2, -0.15) is 4.31 Å². The van der Waals surface area contributed by atoms with E-state index in [0.29, 0.717) is 24.5 Å². The average Bonchev–Trinajstić information content (AvgIpc) is 3.34. The van der Waals surface area contributed by atoms with Gasteiger partial charge >= 0.3 is 6.03 Å². The van der Waals surface area contributed by atoms with E-state index in [0.717, 1.165) is 17.0 Å². The van der Waals surface area contributed by atoms with E-state index in [9.17, 15) is 22.8 Å². The summed E-state index contributed by atoms with van der Waals surface area (Å²) in [7, 11) is -0.682. The molecule has 44 heavy (non-hydrogen) atoms. The highest BCUT2D eigenvalue weighted by molar-refractivity contribution is 7.89. The maximum Gasteiger partial charge on any atom is 0.323 e. The number of anilines is 1. The van der Waals surface area contributed by atoms with Crippen molar-refractivity contribution in [1.82, 2.24) is 19.4 Å². The fourth-order valence-electron chi connectivity index (χ4n) is 5.46. The fraction of sp³-hybridized carbons (Fsp3) is 0.387. The van der Waals surface area contributed by atoms with Crippen molar-refractivity contribution in [2.45, 2.75) is 50.5 Å². The Kier molecular flexibility index (Phi) is 9.51. The van der Waals surface area contributed by atoms with Gasteiger partial charge in [-0.05, 0) is 55.7 Å². The van der Waals surface area contributed by atoms with E-state index in [2.05, 4.69) is 27.7 Å². The summed E-state index contributed by atoms with van der Waals surface area (Å²) in [6.07, 6.45) is 0.138. The molecule has 4 amide bonds. The van der Waals surface area contributed by atoms with Gasteiger partial charge in [0.05, 0.1) is 22.7 Å². The average molecular weight is 640 g/mol. The molecule has 0 aliphatic carbocycles. The van der Waals surface area contributed by atoms with Crippen LogP contribution in [0, 0.1) is 0 Å². The zero-order valence-electron chi connectivity index (χ0n) is 25.2. The monoisotopic (exact) mass is 639 g/mol. The minimum Gasteiger partial charge on any atom is -0.373 e. The topological polar surface area (TPSA) is 128 Å². The number of hydrogen-bond acceptors (Lipinski definition) is 8. The predicted molar refractivity (Wildman–Crippen MR) is 168 cm³/mol. The van der Waals surface area contributed by atoms with Gasteiger partial charge in [-0.3, -0.25) is 19.8 Å². The fourth-order valence-corrected chi connectivity index (χ4v) is 8.34. The van der Waals surface area contributed by atoms with Crippen LogP contribution in [0.2, 0.25) is 0 Å². The van der Waals surface area contributed by atoms with Crippen molar-refractivity contribution in [2.75, 3.05) is 39.0 Å². The molecule has 0 bridgehead atoms. The number of amides is 4. The quantitative estimate of drug-likeness (QED) is 0.403. The number of sulfonamides is 1. The lowest BCUT2D eigenvalue weighted by atomic mass is 10.0. The van der Waals surface area contributed by atoms with Crippen LogP contribution in [0.4, 0.5) is 9.80 Å². The second-order valence-electron chi connectivity index (χ2n) is 11.4. The largest absolute Gasteiger partial charge is 0.373 e. The summed E-state index contributed by atoms with van der Waals surface area (Å²) in [5.41, 5.74) is 2.51. The SMILES string of the molecule is CC1CN(S(=O)(=O)c2ccc(C(=O)Nc3sc4c(c3C(=O)NC(=O)N(C)C)CCN(Cc3ccccc3)C4)cc2)CC(C)O1. The summed E-state index contributed by atoms with van der Waals surface area (Å²) in [5, 5.41) is 5.62. The van der Waals surface area contributed by atoms with Crippen LogP contribution in [-0.2, 0) is 34.3 Å². The molecule has 3 aromatic rings. The Labute approximate surface area is 261 Å². The molecule has 2 atom stereocenters. The van der Waals surface area contributed by atoms with Crippen LogP contribution in [0.5, 0.6) is 0 Å². The first-order valence-corrected chi connectivity index (χ1v) is 16.7. The lowest BCUT2D eigenvalue weighted by molar-refractivity contribution is -0.0440. The van der Waals surface area contributed by atoms with Gasteiger partial charge in [-0.15, -0.1) is 11.3 Å². The van der Waals surface area contributed by atoms with Crippen molar-refractivity contribution < 1.29 is 27.5 Å². The Hall–Kier alpha value is -3.62. The van der Waals surface area contributed by atoms with E-state index in [1.807, 2.05) is 32.0 Å². The lowest BCUT2D eigenvalue weighted by Crippen LogP contribution is -2.48. The van der Waals surface area contributed by atoms with E-state index < -0.39 is 27.9 Å². The molecule has 1 fully saturated rings. The zero-order valence-corrected chi connectivity index (χ0v) is 26.8. The van der Waals surface area contributed by atoms with Gasteiger partial charge in [0.25, 0.3) is 11.8 Å². The minimum absolute atomic E-state index is 0.0858. The molecule has 11 nitrogen and oxygen atoms in total. The molecule has 0 spiro atoms. The van der Waals surface area contributed by atoms with Crippen LogP contribution < -0.4 is 10.6 Å². The molecule has 5 rings (SSSR count). The standard InChI is InChI=1S/C31H37N5O6S2/c1-20-16-36(17-21(2)42-20)44(40,41)24-12-10-23(11-13-24)28(37)32-30-27(29(38)33-31(39)34(3)4)25-14-15-35(19-26(25)43-30)18-22-8-6-5-7-9-22/h5-13,20-21H,14-19H2,1-4H3,(H,32,37)(H,33,38,39). The van der Waals surface area contributed by atoms with Crippen molar-refractivity contribution in [1.29, 1.82) is 0 Å². The van der Waals surface area contributed by atoms with Gasteiger partial charge in [0, 0.05) is 57.3 Å². The third-order valence-electron chi connectivity index (χ3n) is 7.61. The Bertz CT molecular complexity index is 1630. The second-order valence-corrected chi connectivity index (χ2v) is 14.4. The summed E-state index contributed by atoms with van der Waals surface area (Å²) < 4.78 is 33.6. The zero-order chi connectivity index (χ0) is 31.6. The van der Waals surface area contributed by atoms with Gasteiger partial charge in [-0.25, -0.2) is 13.2 Å². The molecule has 13 heteroatoms. The highest BCUT2D eigenvalue weighted by Gasteiger charge is 2.33. The molecular formula is C31H37N5O6S2. The molecule has 2 aliphatic heterocycles. The highest BCUT2D eigenvalue weighted by Crippen LogP contribution is 2.38. The first-order chi connectivity index (χ1) is 20.9. The van der Waals surface area contributed by atoms with Crippen molar-refractivity contribution in [3.8, 4) is 0 Å². The minimum atomic E-state index is -3.77. The number of hydrogen-bond donors (Lipinski definition) is 2. The number of thiophene rings is 1. The number of nitrogens with zero attached hydrogens (tertiary/aromatic N) is 3. The molecule has 2 aliphatic rings. The van der Waals surface area contributed by atoms with E-state index in [4.69, 9.17) is 4.74 Å². The molecule has 1 saturated heterocycles. The molecule has 2 aromatic carbocycles. The summed E-state index contributed by atoms with van der Waals surface area (Å²) >= 11 is 1.32. The number of carbonyl (C=O) groups is 3. The normalized spacial score (nSPS) is 19.2. The third kappa shape index (κ3) is 7.02. The smallest absolute Gasteiger partial charge is 0.323 e. The molecule has 0 radical (unpaired) electrons. The predicted octanol–water partition coefficient (Wildman–Crippen LogP) is 3.77. The van der Waals surface area contributed by atoms with Crippen molar-refractivity contribution in [3.05, 3.63) is 81.7 Å². The number of urea groups is 1. The van der Waals surface area contributed by atoms with Crippen LogP contribution in [-0.4, -0.2) is 86.3 Å². The van der Waals surface area contributed by atoms with Gasteiger partial charge in [0.15, 0.2) is 0 Å². The molecule has 2 unspecified atom stereocenters. The summed E-state index contributed by atoms with van der Waals surface area (Å²) in [5.74, 6) is -1.07. The van der Waals surface area contributed by atoms with Crippen LogP contribution >= 0.6 is 11.3 Å². The maximum atomic E-state index is 13.4. The number of imide groups is 1. The maximum absolute atomic E-state index is 13.4. The van der Waals surface area contributed by atoms with Crippen LogP contribution in [0.15, 0.2) is 59.5 Å². The second kappa shape index (κ2) is 13.2. The number of nitrogens with one attached hydrogen (secondary N) is 2. The highest BCUT2D eigenvalue weighted by atomic mass is 32.2. The molecule has 2 N–H and O–H groups in total. The number of benzene rings is 2. The van der Waals surface area contributed by atoms with Crippen molar-refractivity contribution >= 4 is 44.2 Å². The summed E-state index contributed by atoms with van der Waals surface area (Å²) in [6, 6.07) is 15.3. The van der Waals surface area contributed by atoms with Gasteiger partial charge in [0.2, 0.25) is 10.0 Å².